The minimum absolute atomic E-state index is 0.00881. The Hall–Kier alpha value is -2.15. The number of alkyl halides is 3. The summed E-state index contributed by atoms with van der Waals surface area (Å²) >= 11 is 5.05. The fourth-order valence-electron chi connectivity index (χ4n) is 2.21. The molecule has 0 fully saturated rings. The topological polar surface area (TPSA) is 24.1 Å². The smallest absolute Gasteiger partial charge is 0.332 e. The van der Waals surface area contributed by atoms with Gasteiger partial charge in [-0.25, -0.2) is 4.39 Å². The first-order valence-corrected chi connectivity index (χ1v) is 8.16. The molecule has 7 heteroatoms. The molecule has 2 aromatic carbocycles. The van der Waals surface area contributed by atoms with E-state index in [2.05, 4.69) is 24.5 Å². The van der Waals surface area contributed by atoms with E-state index in [1.807, 2.05) is 24.3 Å². The Morgan fingerprint density at radius 1 is 1.08 bits per heavy atom. The summed E-state index contributed by atoms with van der Waals surface area (Å²) in [5, 5.41) is 5.31. The van der Waals surface area contributed by atoms with Gasteiger partial charge in [-0.3, -0.25) is 0 Å². The molecule has 134 valence electrons. The van der Waals surface area contributed by atoms with Crippen molar-refractivity contribution in [3.8, 4) is 0 Å². The minimum atomic E-state index is -4.55. The van der Waals surface area contributed by atoms with Gasteiger partial charge in [-0.15, -0.1) is 0 Å². The van der Waals surface area contributed by atoms with Crippen LogP contribution in [-0.2, 0) is 6.18 Å². The van der Waals surface area contributed by atoms with Gasteiger partial charge in [0, 0.05) is 5.69 Å². The fourth-order valence-corrected chi connectivity index (χ4v) is 2.44. The SMILES string of the molecule is CCC(C)c1ccc(NC(=S)Nc2cc(C(F)(F)F)ccc2F)cc1. The normalized spacial score (nSPS) is 12.6. The fraction of sp³-hybridized carbons (Fsp3) is 0.278. The van der Waals surface area contributed by atoms with Gasteiger partial charge < -0.3 is 10.6 Å². The molecule has 0 spiro atoms. The molecule has 0 aromatic heterocycles. The molecule has 0 saturated heterocycles. The standard InChI is InChI=1S/C18H18F4N2S/c1-3-11(2)12-4-7-14(8-5-12)23-17(25)24-16-10-13(18(20,21)22)6-9-15(16)19/h4-11H,3H2,1-2H3,(H2,23,24,25). The highest BCUT2D eigenvalue weighted by atomic mass is 32.1. The second kappa shape index (κ2) is 7.82. The van der Waals surface area contributed by atoms with E-state index in [0.29, 0.717) is 23.7 Å². The second-order valence-corrected chi connectivity index (χ2v) is 6.11. The Labute approximate surface area is 149 Å². The van der Waals surface area contributed by atoms with Crippen molar-refractivity contribution in [3.63, 3.8) is 0 Å². The lowest BCUT2D eigenvalue weighted by Gasteiger charge is -2.14. The lowest BCUT2D eigenvalue weighted by molar-refractivity contribution is -0.137. The molecule has 0 heterocycles. The van der Waals surface area contributed by atoms with Crippen LogP contribution in [0.2, 0.25) is 0 Å². The Morgan fingerprint density at radius 3 is 2.28 bits per heavy atom. The van der Waals surface area contributed by atoms with Crippen LogP contribution < -0.4 is 10.6 Å². The predicted octanol–water partition coefficient (Wildman–Crippen LogP) is 6.17. The summed E-state index contributed by atoms with van der Waals surface area (Å²) in [5.41, 5.74) is 0.563. The number of hydrogen-bond acceptors (Lipinski definition) is 1. The van der Waals surface area contributed by atoms with Crippen molar-refractivity contribution in [3.05, 3.63) is 59.4 Å². The zero-order valence-electron chi connectivity index (χ0n) is 13.7. The van der Waals surface area contributed by atoms with E-state index in [0.717, 1.165) is 12.5 Å². The van der Waals surface area contributed by atoms with E-state index in [-0.39, 0.29) is 10.8 Å². The van der Waals surface area contributed by atoms with E-state index in [4.69, 9.17) is 12.2 Å². The van der Waals surface area contributed by atoms with Gasteiger partial charge in [-0.05, 0) is 60.5 Å². The van der Waals surface area contributed by atoms with Gasteiger partial charge in [0.2, 0.25) is 0 Å². The van der Waals surface area contributed by atoms with Crippen LogP contribution in [0.5, 0.6) is 0 Å². The zero-order valence-corrected chi connectivity index (χ0v) is 14.6. The summed E-state index contributed by atoms with van der Waals surface area (Å²) < 4.78 is 51.9. The molecule has 0 amide bonds. The van der Waals surface area contributed by atoms with Gasteiger partial charge in [-0.1, -0.05) is 26.0 Å². The van der Waals surface area contributed by atoms with Gasteiger partial charge in [0.1, 0.15) is 5.82 Å². The number of anilines is 2. The molecule has 0 aliphatic heterocycles. The van der Waals surface area contributed by atoms with Gasteiger partial charge in [-0.2, -0.15) is 13.2 Å². The third-order valence-corrected chi connectivity index (χ3v) is 4.10. The maximum Gasteiger partial charge on any atom is 0.416 e. The molecular formula is C18H18F4N2S. The predicted molar refractivity (Wildman–Crippen MR) is 96.4 cm³/mol. The molecule has 2 N–H and O–H groups in total. The van der Waals surface area contributed by atoms with E-state index in [1.165, 1.54) is 5.56 Å². The summed E-state index contributed by atoms with van der Waals surface area (Å²) in [6, 6.07) is 9.67. The van der Waals surface area contributed by atoms with E-state index >= 15 is 0 Å². The number of thiocarbonyl (C=S) groups is 1. The van der Waals surface area contributed by atoms with Gasteiger partial charge >= 0.3 is 6.18 Å². The maximum atomic E-state index is 13.7. The molecule has 2 aromatic rings. The van der Waals surface area contributed by atoms with Crippen molar-refractivity contribution in [2.24, 2.45) is 0 Å². The average molecular weight is 370 g/mol. The first kappa shape index (κ1) is 19.2. The Kier molecular flexibility index (Phi) is 6.00. The first-order chi connectivity index (χ1) is 11.7. The average Bonchev–Trinajstić information content (AvgIpc) is 2.55. The van der Waals surface area contributed by atoms with Crippen LogP contribution in [0.25, 0.3) is 0 Å². The molecule has 2 rings (SSSR count). The lowest BCUT2D eigenvalue weighted by atomic mass is 9.99. The van der Waals surface area contributed by atoms with E-state index in [9.17, 15) is 17.6 Å². The highest BCUT2D eigenvalue weighted by Gasteiger charge is 2.31. The number of nitrogens with one attached hydrogen (secondary N) is 2. The van der Waals surface area contributed by atoms with Crippen LogP contribution in [0.4, 0.5) is 28.9 Å². The molecule has 1 atom stereocenters. The largest absolute Gasteiger partial charge is 0.416 e. The number of hydrogen-bond donors (Lipinski definition) is 2. The summed E-state index contributed by atoms with van der Waals surface area (Å²) in [4.78, 5) is 0. The van der Waals surface area contributed by atoms with Crippen LogP contribution in [0.15, 0.2) is 42.5 Å². The van der Waals surface area contributed by atoms with Crippen molar-refractivity contribution in [1.82, 2.24) is 0 Å². The Balaban J connectivity index is 2.07. The summed E-state index contributed by atoms with van der Waals surface area (Å²) in [6.07, 6.45) is -3.54. The molecule has 0 bridgehead atoms. The summed E-state index contributed by atoms with van der Waals surface area (Å²) in [6.45, 7) is 4.21. The van der Waals surface area contributed by atoms with Gasteiger partial charge in [0.15, 0.2) is 5.11 Å². The summed E-state index contributed by atoms with van der Waals surface area (Å²) in [5.74, 6) is -0.386. The third-order valence-electron chi connectivity index (χ3n) is 3.89. The third kappa shape index (κ3) is 5.16. The molecular weight excluding hydrogens is 352 g/mol. The van der Waals surface area contributed by atoms with Crippen molar-refractivity contribution < 1.29 is 17.6 Å². The van der Waals surface area contributed by atoms with Crippen LogP contribution in [0, 0.1) is 5.82 Å². The van der Waals surface area contributed by atoms with Crippen LogP contribution >= 0.6 is 12.2 Å². The van der Waals surface area contributed by atoms with E-state index < -0.39 is 17.6 Å². The molecule has 0 radical (unpaired) electrons. The van der Waals surface area contributed by atoms with Crippen LogP contribution in [0.1, 0.15) is 37.3 Å². The van der Waals surface area contributed by atoms with Crippen LogP contribution in [-0.4, -0.2) is 5.11 Å². The number of halogens is 4. The van der Waals surface area contributed by atoms with Crippen molar-refractivity contribution in [2.45, 2.75) is 32.4 Å². The highest BCUT2D eigenvalue weighted by molar-refractivity contribution is 7.80. The second-order valence-electron chi connectivity index (χ2n) is 5.70. The molecule has 1 unspecified atom stereocenters. The first-order valence-electron chi connectivity index (χ1n) is 7.75. The van der Waals surface area contributed by atoms with E-state index in [1.54, 1.807) is 0 Å². The zero-order chi connectivity index (χ0) is 18.6. The minimum Gasteiger partial charge on any atom is -0.332 e. The number of benzene rings is 2. The molecule has 2 nitrogen and oxygen atoms in total. The highest BCUT2D eigenvalue weighted by Crippen LogP contribution is 2.31. The van der Waals surface area contributed by atoms with Crippen molar-refractivity contribution in [2.75, 3.05) is 10.6 Å². The Bertz CT molecular complexity index is 742. The summed E-state index contributed by atoms with van der Waals surface area (Å²) in [7, 11) is 0. The molecule has 0 saturated carbocycles. The van der Waals surface area contributed by atoms with Crippen LogP contribution in [0.3, 0.4) is 0 Å². The van der Waals surface area contributed by atoms with Crippen molar-refractivity contribution >= 4 is 28.7 Å². The Morgan fingerprint density at radius 2 is 1.72 bits per heavy atom. The lowest BCUT2D eigenvalue weighted by Crippen LogP contribution is -2.20. The molecule has 0 aliphatic rings. The van der Waals surface area contributed by atoms with Gasteiger partial charge in [0.05, 0.1) is 11.3 Å². The quantitative estimate of drug-likeness (QED) is 0.497. The van der Waals surface area contributed by atoms with Crippen molar-refractivity contribution in [1.29, 1.82) is 0 Å². The molecule has 25 heavy (non-hydrogen) atoms. The maximum absolute atomic E-state index is 13.7. The number of rotatable bonds is 4. The monoisotopic (exact) mass is 370 g/mol. The van der Waals surface area contributed by atoms with Gasteiger partial charge in [0.25, 0.3) is 0 Å². The molecule has 0 aliphatic carbocycles.